The Balaban J connectivity index is 1.51. The lowest BCUT2D eigenvalue weighted by Crippen LogP contribution is -2.36. The fourth-order valence-corrected chi connectivity index (χ4v) is 5.45. The van der Waals surface area contributed by atoms with Crippen molar-refractivity contribution in [2.45, 2.75) is 39.0 Å². The molecular formula is C21H23N3OS. The second kappa shape index (κ2) is 7.13. The first kappa shape index (κ1) is 17.1. The van der Waals surface area contributed by atoms with Crippen LogP contribution in [0.4, 0.5) is 10.7 Å². The molecule has 0 spiro atoms. The fourth-order valence-electron chi connectivity index (χ4n) is 4.07. The average Bonchev–Trinajstić information content (AvgIpc) is 2.97. The predicted molar refractivity (Wildman–Crippen MR) is 106 cm³/mol. The Bertz CT molecular complexity index is 880. The molecule has 1 amide bonds. The standard InChI is InChI=1S/C21H23N3OS/c1-14-8-9-16-17(12-22)21(26-19(16)11-14)23-20(25)13-24-10-4-6-15-5-2-3-7-18(15)24/h2-3,5,7,14H,4,6,8-11,13H2,1H3,(H,23,25). The van der Waals surface area contributed by atoms with Gasteiger partial charge in [0.15, 0.2) is 0 Å². The summed E-state index contributed by atoms with van der Waals surface area (Å²) in [6.45, 7) is 3.48. The van der Waals surface area contributed by atoms with E-state index in [1.807, 2.05) is 6.07 Å². The third-order valence-electron chi connectivity index (χ3n) is 5.42. The highest BCUT2D eigenvalue weighted by Crippen LogP contribution is 2.39. The molecular weight excluding hydrogens is 342 g/mol. The smallest absolute Gasteiger partial charge is 0.244 e. The normalized spacial score (nSPS) is 18.6. The van der Waals surface area contributed by atoms with Crippen molar-refractivity contribution in [3.05, 3.63) is 45.8 Å². The van der Waals surface area contributed by atoms with E-state index >= 15 is 0 Å². The lowest BCUT2D eigenvalue weighted by Gasteiger charge is -2.30. The van der Waals surface area contributed by atoms with Crippen molar-refractivity contribution in [1.82, 2.24) is 0 Å². The quantitative estimate of drug-likeness (QED) is 0.889. The molecule has 0 fully saturated rings. The van der Waals surface area contributed by atoms with Gasteiger partial charge >= 0.3 is 0 Å². The van der Waals surface area contributed by atoms with Gasteiger partial charge in [-0.05, 0) is 55.2 Å². The summed E-state index contributed by atoms with van der Waals surface area (Å²) >= 11 is 1.59. The molecule has 5 heteroatoms. The largest absolute Gasteiger partial charge is 0.362 e. The van der Waals surface area contributed by atoms with Crippen molar-refractivity contribution in [3.63, 3.8) is 0 Å². The second-order valence-corrected chi connectivity index (χ2v) is 8.47. The molecule has 2 heterocycles. The predicted octanol–water partition coefficient (Wildman–Crippen LogP) is 4.14. The zero-order chi connectivity index (χ0) is 18.1. The van der Waals surface area contributed by atoms with Gasteiger partial charge in [-0.25, -0.2) is 0 Å². The van der Waals surface area contributed by atoms with Gasteiger partial charge in [-0.2, -0.15) is 5.26 Å². The van der Waals surface area contributed by atoms with E-state index in [9.17, 15) is 10.1 Å². The van der Waals surface area contributed by atoms with E-state index in [4.69, 9.17) is 0 Å². The topological polar surface area (TPSA) is 56.1 Å². The molecule has 1 aliphatic carbocycles. The van der Waals surface area contributed by atoms with Gasteiger partial charge in [0.1, 0.15) is 11.1 Å². The highest BCUT2D eigenvalue weighted by Gasteiger charge is 2.25. The van der Waals surface area contributed by atoms with Gasteiger partial charge < -0.3 is 10.2 Å². The van der Waals surface area contributed by atoms with Crippen LogP contribution < -0.4 is 10.2 Å². The molecule has 1 N–H and O–H groups in total. The van der Waals surface area contributed by atoms with Gasteiger partial charge in [-0.1, -0.05) is 25.1 Å². The van der Waals surface area contributed by atoms with Crippen molar-refractivity contribution in [1.29, 1.82) is 5.26 Å². The number of para-hydroxylation sites is 1. The summed E-state index contributed by atoms with van der Waals surface area (Å²) in [4.78, 5) is 16.1. The Morgan fingerprint density at radius 2 is 2.23 bits per heavy atom. The Morgan fingerprint density at radius 1 is 1.38 bits per heavy atom. The number of nitrogens with one attached hydrogen (secondary N) is 1. The molecule has 1 aromatic heterocycles. The maximum Gasteiger partial charge on any atom is 0.244 e. The molecule has 1 unspecified atom stereocenters. The van der Waals surface area contributed by atoms with Crippen molar-refractivity contribution in [3.8, 4) is 6.07 Å². The SMILES string of the molecule is CC1CCc2c(sc(NC(=O)CN3CCCc4ccccc43)c2C#N)C1. The Hall–Kier alpha value is -2.32. The number of hydrogen-bond donors (Lipinski definition) is 1. The summed E-state index contributed by atoms with van der Waals surface area (Å²) in [5.41, 5.74) is 4.32. The summed E-state index contributed by atoms with van der Waals surface area (Å²) in [6, 6.07) is 10.6. The number of anilines is 2. The molecule has 4 rings (SSSR count). The molecule has 1 aliphatic heterocycles. The molecule has 2 aromatic rings. The summed E-state index contributed by atoms with van der Waals surface area (Å²) in [7, 11) is 0. The summed E-state index contributed by atoms with van der Waals surface area (Å²) in [5.74, 6) is 0.617. The van der Waals surface area contributed by atoms with Crippen LogP contribution in [0.2, 0.25) is 0 Å². The minimum absolute atomic E-state index is 0.0372. The summed E-state index contributed by atoms with van der Waals surface area (Å²) in [5, 5.41) is 13.4. The third kappa shape index (κ3) is 3.22. The first-order valence-corrected chi connectivity index (χ1v) is 10.1. The van der Waals surface area contributed by atoms with Crippen LogP contribution >= 0.6 is 11.3 Å². The number of nitriles is 1. The zero-order valence-corrected chi connectivity index (χ0v) is 15.9. The average molecular weight is 366 g/mol. The number of thiophene rings is 1. The van der Waals surface area contributed by atoms with E-state index in [1.54, 1.807) is 11.3 Å². The van der Waals surface area contributed by atoms with E-state index < -0.39 is 0 Å². The molecule has 134 valence electrons. The Labute approximate surface area is 158 Å². The number of nitrogens with zero attached hydrogens (tertiary/aromatic N) is 2. The number of benzene rings is 1. The number of fused-ring (bicyclic) bond motifs is 2. The Kier molecular flexibility index (Phi) is 4.69. The van der Waals surface area contributed by atoms with Gasteiger partial charge in [0.05, 0.1) is 12.1 Å². The molecule has 4 nitrogen and oxygen atoms in total. The van der Waals surface area contributed by atoms with Crippen LogP contribution in [0, 0.1) is 17.2 Å². The van der Waals surface area contributed by atoms with Crippen molar-refractivity contribution < 1.29 is 4.79 Å². The number of carbonyl (C=O) groups excluding carboxylic acids is 1. The van der Waals surface area contributed by atoms with Crippen LogP contribution in [0.15, 0.2) is 24.3 Å². The number of hydrogen-bond acceptors (Lipinski definition) is 4. The molecule has 2 aliphatic rings. The first-order valence-electron chi connectivity index (χ1n) is 9.33. The number of carbonyl (C=O) groups is 1. The van der Waals surface area contributed by atoms with E-state index in [1.165, 1.54) is 10.4 Å². The number of rotatable bonds is 3. The minimum Gasteiger partial charge on any atom is -0.362 e. The summed E-state index contributed by atoms with van der Waals surface area (Å²) < 4.78 is 0. The first-order chi connectivity index (χ1) is 12.7. The van der Waals surface area contributed by atoms with Gasteiger partial charge in [0.2, 0.25) is 5.91 Å². The molecule has 0 bridgehead atoms. The maximum absolute atomic E-state index is 12.7. The lowest BCUT2D eigenvalue weighted by molar-refractivity contribution is -0.115. The summed E-state index contributed by atoms with van der Waals surface area (Å²) in [6.07, 6.45) is 5.23. The van der Waals surface area contributed by atoms with Gasteiger partial charge in [-0.15, -0.1) is 11.3 Å². The van der Waals surface area contributed by atoms with E-state index in [0.717, 1.165) is 54.9 Å². The fraction of sp³-hybridized carbons (Fsp3) is 0.429. The van der Waals surface area contributed by atoms with Crippen molar-refractivity contribution in [2.75, 3.05) is 23.3 Å². The molecule has 0 radical (unpaired) electrons. The molecule has 1 aromatic carbocycles. The highest BCUT2D eigenvalue weighted by molar-refractivity contribution is 7.16. The van der Waals surface area contributed by atoms with Crippen molar-refractivity contribution >= 4 is 27.9 Å². The maximum atomic E-state index is 12.7. The van der Waals surface area contributed by atoms with E-state index in [-0.39, 0.29) is 5.91 Å². The van der Waals surface area contributed by atoms with Gasteiger partial charge in [-0.3, -0.25) is 4.79 Å². The van der Waals surface area contributed by atoms with Crippen LogP contribution in [-0.4, -0.2) is 19.0 Å². The Morgan fingerprint density at radius 3 is 3.08 bits per heavy atom. The lowest BCUT2D eigenvalue weighted by atomic mass is 9.89. The van der Waals surface area contributed by atoms with E-state index in [0.29, 0.717) is 18.0 Å². The third-order valence-corrected chi connectivity index (χ3v) is 6.59. The number of aryl methyl sites for hydroxylation is 1. The van der Waals surface area contributed by atoms with E-state index in [2.05, 4.69) is 41.4 Å². The van der Waals surface area contributed by atoms with Gasteiger partial charge in [0, 0.05) is 17.1 Å². The second-order valence-electron chi connectivity index (χ2n) is 7.37. The molecule has 0 saturated carbocycles. The highest BCUT2D eigenvalue weighted by atomic mass is 32.1. The molecule has 0 saturated heterocycles. The van der Waals surface area contributed by atoms with Crippen LogP contribution in [0.5, 0.6) is 0 Å². The van der Waals surface area contributed by atoms with Gasteiger partial charge in [0.25, 0.3) is 0 Å². The minimum atomic E-state index is -0.0372. The molecule has 1 atom stereocenters. The monoisotopic (exact) mass is 365 g/mol. The van der Waals surface area contributed by atoms with Crippen LogP contribution in [0.25, 0.3) is 0 Å². The van der Waals surface area contributed by atoms with Crippen LogP contribution in [-0.2, 0) is 24.1 Å². The van der Waals surface area contributed by atoms with Crippen LogP contribution in [0.1, 0.15) is 41.3 Å². The molecule has 26 heavy (non-hydrogen) atoms. The van der Waals surface area contributed by atoms with Crippen LogP contribution in [0.3, 0.4) is 0 Å². The number of amides is 1. The zero-order valence-electron chi connectivity index (χ0n) is 15.0. The van der Waals surface area contributed by atoms with Crippen molar-refractivity contribution in [2.24, 2.45) is 5.92 Å².